The SMILES string of the molecule is C[C@@H]1Cn2c(cnc2C(F)(F)F)C(=O)N1C1CC2(C1)CN(S(=O)(=O)c1ccccc1F)C2. The van der Waals surface area contributed by atoms with E-state index >= 15 is 0 Å². The Morgan fingerprint density at radius 3 is 2.44 bits per heavy atom. The number of aromatic nitrogens is 2. The Bertz CT molecular complexity index is 1200. The largest absolute Gasteiger partial charge is 0.449 e. The van der Waals surface area contributed by atoms with Crippen LogP contribution in [0.3, 0.4) is 0 Å². The van der Waals surface area contributed by atoms with Crippen LogP contribution in [0, 0.1) is 11.2 Å². The van der Waals surface area contributed by atoms with Crippen LogP contribution in [0.5, 0.6) is 0 Å². The fourth-order valence-corrected chi connectivity index (χ4v) is 6.96. The fraction of sp³-hybridized carbons (Fsp3) is 0.500. The molecule has 7 nitrogen and oxygen atoms in total. The highest BCUT2D eigenvalue weighted by Crippen LogP contribution is 2.52. The van der Waals surface area contributed by atoms with Gasteiger partial charge in [0.2, 0.25) is 15.8 Å². The van der Waals surface area contributed by atoms with Gasteiger partial charge in [-0.2, -0.15) is 17.5 Å². The summed E-state index contributed by atoms with van der Waals surface area (Å²) in [4.78, 5) is 17.6. The molecule has 1 spiro atoms. The van der Waals surface area contributed by atoms with Crippen LogP contribution in [-0.2, 0) is 22.7 Å². The van der Waals surface area contributed by atoms with E-state index in [-0.39, 0.29) is 41.7 Å². The number of sulfonamides is 1. The van der Waals surface area contributed by atoms with Crippen molar-refractivity contribution in [2.24, 2.45) is 5.41 Å². The van der Waals surface area contributed by atoms with Gasteiger partial charge < -0.3 is 9.47 Å². The van der Waals surface area contributed by atoms with Crippen LogP contribution in [0.4, 0.5) is 17.6 Å². The minimum Gasteiger partial charge on any atom is -0.330 e. The van der Waals surface area contributed by atoms with Gasteiger partial charge in [0.05, 0.1) is 6.20 Å². The number of halogens is 4. The number of hydrogen-bond acceptors (Lipinski definition) is 4. The summed E-state index contributed by atoms with van der Waals surface area (Å²) in [5, 5.41) is 0. The molecule has 0 unspecified atom stereocenters. The third-order valence-corrected chi connectivity index (χ3v) is 8.52. The van der Waals surface area contributed by atoms with Crippen molar-refractivity contribution < 1.29 is 30.8 Å². The van der Waals surface area contributed by atoms with Gasteiger partial charge in [0.1, 0.15) is 16.4 Å². The monoisotopic (exact) mass is 472 g/mol. The summed E-state index contributed by atoms with van der Waals surface area (Å²) in [6.45, 7) is 2.15. The molecule has 1 atom stereocenters. The first-order valence-corrected chi connectivity index (χ1v) is 11.6. The highest BCUT2D eigenvalue weighted by atomic mass is 32.2. The minimum absolute atomic E-state index is 0.00674. The second-order valence-electron chi connectivity index (χ2n) is 8.90. The van der Waals surface area contributed by atoms with Crippen molar-refractivity contribution in [1.82, 2.24) is 18.8 Å². The van der Waals surface area contributed by atoms with Crippen LogP contribution in [0.1, 0.15) is 36.1 Å². The van der Waals surface area contributed by atoms with Crippen LogP contribution in [-0.4, -0.2) is 58.3 Å². The van der Waals surface area contributed by atoms with Crippen molar-refractivity contribution in [2.75, 3.05) is 13.1 Å². The second kappa shape index (κ2) is 6.77. The summed E-state index contributed by atoms with van der Waals surface area (Å²) in [6.07, 6.45) is -2.58. The van der Waals surface area contributed by atoms with Crippen molar-refractivity contribution in [3.8, 4) is 0 Å². The van der Waals surface area contributed by atoms with E-state index in [1.165, 1.54) is 22.5 Å². The average molecular weight is 472 g/mol. The molecule has 2 aromatic rings. The zero-order valence-electron chi connectivity index (χ0n) is 17.0. The lowest BCUT2D eigenvalue weighted by atomic mass is 9.61. The Kier molecular flexibility index (Phi) is 4.52. The Hall–Kier alpha value is -2.47. The maximum Gasteiger partial charge on any atom is 0.449 e. The smallest absolute Gasteiger partial charge is 0.330 e. The standard InChI is InChI=1S/C20H20F4N4O3S/c1-12-9-27-15(8-25-18(27)20(22,23)24)17(29)28(12)13-6-19(7-13)10-26(11-19)32(30,31)16-5-3-2-4-14(16)21/h2-5,8,12-13H,6-7,9-11H2,1H3/t12-/m1/s1. The first-order valence-electron chi connectivity index (χ1n) is 10.1. The van der Waals surface area contributed by atoms with Crippen LogP contribution in [0.2, 0.25) is 0 Å². The Balaban J connectivity index is 1.27. The molecule has 3 heterocycles. The summed E-state index contributed by atoms with van der Waals surface area (Å²) in [6, 6.07) is 4.57. The molecule has 12 heteroatoms. The lowest BCUT2D eigenvalue weighted by Crippen LogP contribution is -2.69. The predicted molar refractivity (Wildman–Crippen MR) is 103 cm³/mol. The predicted octanol–water partition coefficient (Wildman–Crippen LogP) is 2.74. The normalized spacial score (nSPS) is 23.7. The molecule has 1 aromatic heterocycles. The third kappa shape index (κ3) is 3.06. The van der Waals surface area contributed by atoms with Gasteiger partial charge in [-0.25, -0.2) is 17.8 Å². The average Bonchev–Trinajstić information content (AvgIpc) is 3.06. The molecule has 32 heavy (non-hydrogen) atoms. The molecule has 1 aromatic carbocycles. The summed E-state index contributed by atoms with van der Waals surface area (Å²) >= 11 is 0. The first-order chi connectivity index (χ1) is 14.9. The number of nitrogens with zero attached hydrogens (tertiary/aromatic N) is 4. The number of carbonyl (C=O) groups excluding carboxylic acids is 1. The van der Waals surface area contributed by atoms with E-state index < -0.39 is 39.8 Å². The highest BCUT2D eigenvalue weighted by Gasteiger charge is 2.58. The van der Waals surface area contributed by atoms with E-state index in [1.54, 1.807) is 11.8 Å². The Labute approximate surface area is 181 Å². The number of fused-ring (bicyclic) bond motifs is 1. The van der Waals surface area contributed by atoms with Gasteiger partial charge in [0, 0.05) is 37.1 Å². The van der Waals surface area contributed by atoms with Crippen molar-refractivity contribution in [3.05, 3.63) is 47.8 Å². The van der Waals surface area contributed by atoms with E-state index in [9.17, 15) is 30.8 Å². The number of imidazole rings is 1. The van der Waals surface area contributed by atoms with E-state index in [4.69, 9.17) is 0 Å². The minimum atomic E-state index is -4.64. The summed E-state index contributed by atoms with van der Waals surface area (Å²) in [5.74, 6) is -2.38. The Morgan fingerprint density at radius 1 is 1.16 bits per heavy atom. The molecule has 3 aliphatic rings. The fourth-order valence-electron chi connectivity index (χ4n) is 5.23. The van der Waals surface area contributed by atoms with E-state index in [1.807, 2.05) is 0 Å². The summed E-state index contributed by atoms with van der Waals surface area (Å²) in [5.41, 5.74) is -0.383. The molecular formula is C20H20F4N4O3S. The zero-order chi connectivity index (χ0) is 23.1. The molecule has 0 radical (unpaired) electrons. The quantitative estimate of drug-likeness (QED) is 0.644. The lowest BCUT2D eigenvalue weighted by Gasteiger charge is -2.61. The number of benzene rings is 1. The molecule has 2 aliphatic heterocycles. The van der Waals surface area contributed by atoms with Crippen molar-refractivity contribution in [3.63, 3.8) is 0 Å². The van der Waals surface area contributed by atoms with Gasteiger partial charge in [0.25, 0.3) is 5.91 Å². The molecule has 0 bridgehead atoms. The molecule has 5 rings (SSSR count). The topological polar surface area (TPSA) is 75.5 Å². The van der Waals surface area contributed by atoms with Crippen molar-refractivity contribution in [2.45, 2.75) is 49.5 Å². The third-order valence-electron chi connectivity index (χ3n) is 6.69. The molecule has 1 saturated heterocycles. The number of carbonyl (C=O) groups is 1. The maximum absolute atomic E-state index is 14.0. The summed E-state index contributed by atoms with van der Waals surface area (Å²) in [7, 11) is -3.94. The van der Waals surface area contributed by atoms with Gasteiger partial charge in [-0.3, -0.25) is 4.79 Å². The molecular weight excluding hydrogens is 452 g/mol. The highest BCUT2D eigenvalue weighted by molar-refractivity contribution is 7.89. The first kappa shape index (κ1) is 21.4. The van der Waals surface area contributed by atoms with E-state index in [0.29, 0.717) is 12.8 Å². The van der Waals surface area contributed by atoms with Crippen molar-refractivity contribution in [1.29, 1.82) is 0 Å². The zero-order valence-corrected chi connectivity index (χ0v) is 17.8. The van der Waals surface area contributed by atoms with Gasteiger partial charge in [-0.1, -0.05) is 12.1 Å². The second-order valence-corrected chi connectivity index (χ2v) is 10.8. The maximum atomic E-state index is 14.0. The number of rotatable bonds is 3. The van der Waals surface area contributed by atoms with Gasteiger partial charge in [0.15, 0.2) is 0 Å². The molecule has 1 aliphatic carbocycles. The molecule has 1 amide bonds. The van der Waals surface area contributed by atoms with Crippen LogP contribution < -0.4 is 0 Å². The summed E-state index contributed by atoms with van der Waals surface area (Å²) < 4.78 is 80.9. The lowest BCUT2D eigenvalue weighted by molar-refractivity contribution is -0.148. The van der Waals surface area contributed by atoms with Crippen LogP contribution in [0.25, 0.3) is 0 Å². The number of amides is 1. The molecule has 2 fully saturated rings. The van der Waals surface area contributed by atoms with E-state index in [0.717, 1.165) is 16.8 Å². The van der Waals surface area contributed by atoms with E-state index in [2.05, 4.69) is 4.98 Å². The Morgan fingerprint density at radius 2 is 1.81 bits per heavy atom. The van der Waals surface area contributed by atoms with Gasteiger partial charge in [-0.15, -0.1) is 0 Å². The van der Waals surface area contributed by atoms with Crippen molar-refractivity contribution >= 4 is 15.9 Å². The molecule has 172 valence electrons. The number of alkyl halides is 3. The van der Waals surface area contributed by atoms with Gasteiger partial charge >= 0.3 is 6.18 Å². The van der Waals surface area contributed by atoms with Crippen LogP contribution >= 0.6 is 0 Å². The van der Waals surface area contributed by atoms with Crippen LogP contribution in [0.15, 0.2) is 35.4 Å². The van der Waals surface area contributed by atoms with Gasteiger partial charge in [-0.05, 0) is 31.9 Å². The molecule has 1 saturated carbocycles. The number of hydrogen-bond donors (Lipinski definition) is 0. The molecule has 0 N–H and O–H groups in total.